The molecule has 0 aliphatic carbocycles. The number of H-pyrrole nitrogens is 1. The van der Waals surface area contributed by atoms with Crippen LogP contribution in [0.5, 0.6) is 5.75 Å². The number of amides is 1. The zero-order valence-corrected chi connectivity index (χ0v) is 17.5. The molecule has 0 saturated heterocycles. The first-order valence-electron chi connectivity index (χ1n) is 10.5. The van der Waals surface area contributed by atoms with E-state index in [4.69, 9.17) is 4.74 Å². The highest BCUT2D eigenvalue weighted by Crippen LogP contribution is 2.22. The van der Waals surface area contributed by atoms with E-state index in [1.165, 1.54) is 0 Å². The lowest BCUT2D eigenvalue weighted by molar-refractivity contribution is -0.117. The number of aromatic amines is 1. The highest BCUT2D eigenvalue weighted by molar-refractivity contribution is 6.02. The Kier molecular flexibility index (Phi) is 6.64. The van der Waals surface area contributed by atoms with E-state index in [2.05, 4.69) is 16.4 Å². The largest absolute Gasteiger partial charge is 0.488 e. The first-order chi connectivity index (χ1) is 15.7. The molecular weight excluding hydrogens is 398 g/mol. The number of aromatic nitrogens is 1. The summed E-state index contributed by atoms with van der Waals surface area (Å²) in [5.41, 5.74) is 3.97. The lowest BCUT2D eigenvalue weighted by Gasteiger charge is -2.10. The second-order valence-corrected chi connectivity index (χ2v) is 7.35. The van der Waals surface area contributed by atoms with Crippen LogP contribution in [0.15, 0.2) is 90.6 Å². The van der Waals surface area contributed by atoms with Gasteiger partial charge in [-0.2, -0.15) is 5.26 Å². The number of hydrogen-bond acceptors (Lipinski definition) is 3. The summed E-state index contributed by atoms with van der Waals surface area (Å²) in [6, 6.07) is 27.3. The van der Waals surface area contributed by atoms with E-state index < -0.39 is 5.91 Å². The average Bonchev–Trinajstić information content (AvgIpc) is 3.25. The number of carbonyl (C=O) groups is 1. The molecule has 0 unspecified atom stereocenters. The molecule has 0 atom stereocenters. The molecule has 0 bridgehead atoms. The van der Waals surface area contributed by atoms with Crippen LogP contribution in [0.25, 0.3) is 17.0 Å². The van der Waals surface area contributed by atoms with Gasteiger partial charge in [0.1, 0.15) is 24.0 Å². The molecule has 158 valence electrons. The van der Waals surface area contributed by atoms with Gasteiger partial charge in [0.2, 0.25) is 0 Å². The number of rotatable bonds is 8. The van der Waals surface area contributed by atoms with Crippen molar-refractivity contribution < 1.29 is 9.53 Å². The predicted octanol–water partition coefficient (Wildman–Crippen LogP) is 5.01. The van der Waals surface area contributed by atoms with Gasteiger partial charge in [0.25, 0.3) is 5.91 Å². The second kappa shape index (κ2) is 10.1. The molecule has 2 N–H and O–H groups in total. The highest BCUT2D eigenvalue weighted by Gasteiger charge is 2.11. The number of benzene rings is 3. The van der Waals surface area contributed by atoms with Crippen molar-refractivity contribution in [1.82, 2.24) is 10.3 Å². The summed E-state index contributed by atoms with van der Waals surface area (Å²) >= 11 is 0. The van der Waals surface area contributed by atoms with E-state index in [-0.39, 0.29) is 5.57 Å². The average molecular weight is 422 g/mol. The summed E-state index contributed by atoms with van der Waals surface area (Å²) in [4.78, 5) is 15.8. The molecule has 1 amide bonds. The van der Waals surface area contributed by atoms with Gasteiger partial charge in [0, 0.05) is 29.2 Å². The highest BCUT2D eigenvalue weighted by atomic mass is 16.5. The van der Waals surface area contributed by atoms with Crippen LogP contribution in [0.4, 0.5) is 0 Å². The molecule has 0 spiro atoms. The van der Waals surface area contributed by atoms with Crippen LogP contribution in [-0.4, -0.2) is 17.4 Å². The van der Waals surface area contributed by atoms with Crippen LogP contribution in [0, 0.1) is 11.3 Å². The summed E-state index contributed by atoms with van der Waals surface area (Å²) in [6.07, 6.45) is 4.20. The van der Waals surface area contributed by atoms with Crippen LogP contribution in [-0.2, 0) is 17.8 Å². The molecule has 4 aromatic rings. The molecule has 1 heterocycles. The Balaban J connectivity index is 1.41. The minimum Gasteiger partial charge on any atom is -0.488 e. The van der Waals surface area contributed by atoms with Gasteiger partial charge in [-0.25, -0.2) is 0 Å². The monoisotopic (exact) mass is 421 g/mol. The Bertz CT molecular complexity index is 1280. The first kappa shape index (κ1) is 21.0. The van der Waals surface area contributed by atoms with Gasteiger partial charge in [0.05, 0.1) is 0 Å². The molecule has 3 aromatic carbocycles. The van der Waals surface area contributed by atoms with Gasteiger partial charge in [-0.1, -0.05) is 66.7 Å². The van der Waals surface area contributed by atoms with Gasteiger partial charge >= 0.3 is 0 Å². The quantitative estimate of drug-likeness (QED) is 0.310. The standard InChI is InChI=1S/C27H23N3O2/c28-17-23(27(31)29-15-14-22-18-30-25-12-6-5-11-24(22)25)16-21-10-4-7-13-26(21)32-19-20-8-2-1-3-9-20/h1-13,16,18,30H,14-15,19H2,(H,29,31)/b23-16-. The summed E-state index contributed by atoms with van der Waals surface area (Å²) in [7, 11) is 0. The molecule has 32 heavy (non-hydrogen) atoms. The summed E-state index contributed by atoms with van der Waals surface area (Å²) < 4.78 is 5.93. The maximum absolute atomic E-state index is 12.6. The Morgan fingerprint density at radius 3 is 2.59 bits per heavy atom. The minimum absolute atomic E-state index is 0.0414. The van der Waals surface area contributed by atoms with Crippen molar-refractivity contribution in [3.8, 4) is 11.8 Å². The maximum Gasteiger partial charge on any atom is 0.261 e. The van der Waals surface area contributed by atoms with Crippen LogP contribution in [0.3, 0.4) is 0 Å². The molecule has 5 nitrogen and oxygen atoms in total. The fourth-order valence-corrected chi connectivity index (χ4v) is 3.52. The first-order valence-corrected chi connectivity index (χ1v) is 10.5. The smallest absolute Gasteiger partial charge is 0.261 e. The summed E-state index contributed by atoms with van der Waals surface area (Å²) in [5, 5.41) is 13.5. The number of nitriles is 1. The topological polar surface area (TPSA) is 77.9 Å². The molecular formula is C27H23N3O2. The van der Waals surface area contributed by atoms with Crippen molar-refractivity contribution in [1.29, 1.82) is 5.26 Å². The number of hydrogen-bond donors (Lipinski definition) is 2. The van der Waals surface area contributed by atoms with Gasteiger partial charge in [-0.3, -0.25) is 4.79 Å². The van der Waals surface area contributed by atoms with Crippen molar-refractivity contribution in [2.24, 2.45) is 0 Å². The number of carbonyl (C=O) groups excluding carboxylic acids is 1. The molecule has 0 fully saturated rings. The third-order valence-corrected chi connectivity index (χ3v) is 5.18. The van der Waals surface area contributed by atoms with E-state index >= 15 is 0 Å². The van der Waals surface area contributed by atoms with E-state index in [0.29, 0.717) is 30.9 Å². The molecule has 5 heteroatoms. The predicted molar refractivity (Wildman–Crippen MR) is 126 cm³/mol. The Labute approximate surface area is 187 Å². The third-order valence-electron chi connectivity index (χ3n) is 5.18. The number of fused-ring (bicyclic) bond motifs is 1. The lowest BCUT2D eigenvalue weighted by Crippen LogP contribution is -2.26. The SMILES string of the molecule is N#C/C(=C/c1ccccc1OCc1ccccc1)C(=O)NCCc1c[nH]c2ccccc12. The van der Waals surface area contributed by atoms with Crippen molar-refractivity contribution in [3.63, 3.8) is 0 Å². The van der Waals surface area contributed by atoms with E-state index in [1.54, 1.807) is 6.08 Å². The number of nitrogens with one attached hydrogen (secondary N) is 2. The van der Waals surface area contributed by atoms with Crippen molar-refractivity contribution >= 4 is 22.9 Å². The second-order valence-electron chi connectivity index (χ2n) is 7.35. The van der Waals surface area contributed by atoms with Gasteiger partial charge in [-0.15, -0.1) is 0 Å². The third kappa shape index (κ3) is 5.05. The number of ether oxygens (including phenoxy) is 1. The van der Waals surface area contributed by atoms with E-state index in [1.807, 2.05) is 85.1 Å². The number of nitrogens with zero attached hydrogens (tertiary/aromatic N) is 1. The fraction of sp³-hybridized carbons (Fsp3) is 0.111. The molecule has 0 aliphatic rings. The molecule has 0 aliphatic heterocycles. The number of para-hydroxylation sites is 2. The van der Waals surface area contributed by atoms with Crippen molar-refractivity contribution in [2.45, 2.75) is 13.0 Å². The Morgan fingerprint density at radius 2 is 1.75 bits per heavy atom. The van der Waals surface area contributed by atoms with E-state index in [0.717, 1.165) is 22.0 Å². The molecule has 0 saturated carbocycles. The Morgan fingerprint density at radius 1 is 1.00 bits per heavy atom. The normalized spacial score (nSPS) is 11.2. The molecule has 4 rings (SSSR count). The van der Waals surface area contributed by atoms with Gasteiger partial charge < -0.3 is 15.0 Å². The summed E-state index contributed by atoms with van der Waals surface area (Å²) in [6.45, 7) is 0.844. The van der Waals surface area contributed by atoms with Gasteiger partial charge in [0.15, 0.2) is 0 Å². The lowest BCUT2D eigenvalue weighted by atomic mass is 10.1. The van der Waals surface area contributed by atoms with Crippen molar-refractivity contribution in [3.05, 3.63) is 107 Å². The van der Waals surface area contributed by atoms with Crippen LogP contribution in [0.1, 0.15) is 16.7 Å². The summed E-state index contributed by atoms with van der Waals surface area (Å²) in [5.74, 6) is 0.223. The maximum atomic E-state index is 12.6. The minimum atomic E-state index is -0.398. The molecule has 1 aromatic heterocycles. The Hall–Kier alpha value is -4.30. The fourth-order valence-electron chi connectivity index (χ4n) is 3.52. The van der Waals surface area contributed by atoms with Gasteiger partial charge in [-0.05, 0) is 35.8 Å². The van der Waals surface area contributed by atoms with Crippen LogP contribution in [0.2, 0.25) is 0 Å². The zero-order chi connectivity index (χ0) is 22.2. The van der Waals surface area contributed by atoms with Crippen LogP contribution >= 0.6 is 0 Å². The zero-order valence-electron chi connectivity index (χ0n) is 17.5. The molecule has 0 radical (unpaired) electrons. The van der Waals surface area contributed by atoms with E-state index in [9.17, 15) is 10.1 Å². The van der Waals surface area contributed by atoms with Crippen molar-refractivity contribution in [2.75, 3.05) is 6.54 Å². The van der Waals surface area contributed by atoms with Crippen LogP contribution < -0.4 is 10.1 Å².